The number of hydrogen-bond donors (Lipinski definition) is 4. The molecule has 0 saturated heterocycles. The molecule has 0 fully saturated rings. The van der Waals surface area contributed by atoms with Gasteiger partial charge in [0, 0.05) is 6.42 Å². The van der Waals surface area contributed by atoms with Crippen molar-refractivity contribution in [2.75, 3.05) is 0 Å². The van der Waals surface area contributed by atoms with E-state index >= 15 is 0 Å². The molecule has 0 aromatic heterocycles. The number of hydrogen-bond acceptors (Lipinski definition) is 5. The zero-order valence-corrected chi connectivity index (χ0v) is 7.62. The maximum absolute atomic E-state index is 9.99. The molecule has 0 saturated carbocycles. The molecule has 86 valence electrons. The lowest BCUT2D eigenvalue weighted by Crippen LogP contribution is -2.30. The van der Waals surface area contributed by atoms with Gasteiger partial charge in [0.1, 0.15) is 6.04 Å². The van der Waals surface area contributed by atoms with E-state index in [0.29, 0.717) is 0 Å². The van der Waals surface area contributed by atoms with Crippen LogP contribution in [0.2, 0.25) is 0 Å². The van der Waals surface area contributed by atoms with E-state index in [1.54, 1.807) is 0 Å². The number of carbonyl (C=O) groups is 4. The van der Waals surface area contributed by atoms with Crippen LogP contribution >= 0.6 is 0 Å². The maximum atomic E-state index is 9.99. The highest BCUT2D eigenvalue weighted by atomic mass is 16.4. The number of aldehydes is 1. The van der Waals surface area contributed by atoms with E-state index in [-0.39, 0.29) is 19.1 Å². The lowest BCUT2D eigenvalue weighted by molar-refractivity contribution is -0.143. The molecule has 0 aromatic carbocycles. The SMILES string of the molecule is N[C@@H](CCC(=O)O)C(=O)O.O=CC(=O)O. The Hall–Kier alpha value is -1.96. The topological polar surface area (TPSA) is 155 Å². The van der Waals surface area contributed by atoms with Crippen LogP contribution in [0.25, 0.3) is 0 Å². The van der Waals surface area contributed by atoms with Crippen molar-refractivity contribution in [3.05, 3.63) is 0 Å². The highest BCUT2D eigenvalue weighted by molar-refractivity contribution is 6.19. The van der Waals surface area contributed by atoms with Crippen molar-refractivity contribution < 1.29 is 34.5 Å². The molecule has 8 heteroatoms. The van der Waals surface area contributed by atoms with E-state index in [2.05, 4.69) is 0 Å². The minimum atomic E-state index is -1.43. The van der Waals surface area contributed by atoms with Gasteiger partial charge in [0.25, 0.3) is 0 Å². The van der Waals surface area contributed by atoms with Crippen LogP contribution in [0.3, 0.4) is 0 Å². The number of rotatable bonds is 5. The lowest BCUT2D eigenvalue weighted by Gasteiger charge is -2.01. The fraction of sp³-hybridized carbons (Fsp3) is 0.429. The molecule has 0 unspecified atom stereocenters. The summed E-state index contributed by atoms with van der Waals surface area (Å²) in [6.07, 6.45) is -0.391. The summed E-state index contributed by atoms with van der Waals surface area (Å²) in [7, 11) is 0. The zero-order valence-electron chi connectivity index (χ0n) is 7.62. The fourth-order valence-corrected chi connectivity index (χ4v) is 0.402. The molecule has 0 heterocycles. The van der Waals surface area contributed by atoms with Gasteiger partial charge in [0.05, 0.1) is 0 Å². The van der Waals surface area contributed by atoms with Gasteiger partial charge < -0.3 is 21.1 Å². The molecule has 5 N–H and O–H groups in total. The molecule has 15 heavy (non-hydrogen) atoms. The molecule has 0 spiro atoms. The molecule has 0 rings (SSSR count). The molecular weight excluding hydrogens is 210 g/mol. The highest BCUT2D eigenvalue weighted by Crippen LogP contribution is 1.93. The van der Waals surface area contributed by atoms with E-state index in [9.17, 15) is 9.59 Å². The van der Waals surface area contributed by atoms with Crippen molar-refractivity contribution in [2.24, 2.45) is 5.73 Å². The van der Waals surface area contributed by atoms with E-state index in [4.69, 9.17) is 30.6 Å². The van der Waals surface area contributed by atoms with Crippen molar-refractivity contribution in [3.8, 4) is 0 Å². The monoisotopic (exact) mass is 221 g/mol. The first-order valence-electron chi connectivity index (χ1n) is 3.69. The first kappa shape index (κ1) is 15.5. The predicted molar refractivity (Wildman–Crippen MR) is 46.2 cm³/mol. The van der Waals surface area contributed by atoms with Gasteiger partial charge in [-0.3, -0.25) is 14.4 Å². The van der Waals surface area contributed by atoms with Gasteiger partial charge >= 0.3 is 17.9 Å². The molecule has 0 aliphatic rings. The van der Waals surface area contributed by atoms with Crippen LogP contribution in [0, 0.1) is 0 Å². The Labute approximate surface area is 84.3 Å². The zero-order chi connectivity index (χ0) is 12.4. The molecule has 0 bridgehead atoms. The molecule has 0 aliphatic carbocycles. The maximum Gasteiger partial charge on any atom is 0.368 e. The first-order valence-corrected chi connectivity index (χ1v) is 3.69. The molecule has 0 amide bonds. The summed E-state index contributed by atoms with van der Waals surface area (Å²) in [6.45, 7) is 0. The Kier molecular flexibility index (Phi) is 8.92. The van der Waals surface area contributed by atoms with Crippen LogP contribution < -0.4 is 5.73 Å². The average molecular weight is 221 g/mol. The summed E-state index contributed by atoms with van der Waals surface area (Å²) in [4.78, 5) is 37.8. The van der Waals surface area contributed by atoms with E-state index in [0.717, 1.165) is 0 Å². The van der Waals surface area contributed by atoms with Crippen molar-refractivity contribution in [3.63, 3.8) is 0 Å². The van der Waals surface area contributed by atoms with E-state index in [1.807, 2.05) is 0 Å². The van der Waals surface area contributed by atoms with Crippen LogP contribution in [0.5, 0.6) is 0 Å². The van der Waals surface area contributed by atoms with Gasteiger partial charge in [-0.1, -0.05) is 0 Å². The van der Waals surface area contributed by atoms with Crippen molar-refractivity contribution in [2.45, 2.75) is 18.9 Å². The Morgan fingerprint density at radius 3 is 1.80 bits per heavy atom. The number of carbonyl (C=O) groups excluding carboxylic acids is 1. The van der Waals surface area contributed by atoms with Crippen LogP contribution in [-0.4, -0.2) is 45.6 Å². The summed E-state index contributed by atoms with van der Waals surface area (Å²) in [5.74, 6) is -3.62. The molecular formula is C7H11NO7. The second-order valence-electron chi connectivity index (χ2n) is 2.33. The summed E-state index contributed by atoms with van der Waals surface area (Å²) < 4.78 is 0. The Morgan fingerprint density at radius 1 is 1.20 bits per heavy atom. The fourth-order valence-electron chi connectivity index (χ4n) is 0.402. The third kappa shape index (κ3) is 14.9. The molecule has 1 atom stereocenters. The first-order chi connectivity index (χ1) is 6.81. The largest absolute Gasteiger partial charge is 0.481 e. The van der Waals surface area contributed by atoms with Crippen LogP contribution in [0.15, 0.2) is 0 Å². The van der Waals surface area contributed by atoms with Crippen molar-refractivity contribution in [1.29, 1.82) is 0 Å². The summed E-state index contributed by atoms with van der Waals surface area (Å²) in [5, 5.41) is 23.6. The second-order valence-corrected chi connectivity index (χ2v) is 2.33. The molecule has 8 nitrogen and oxygen atoms in total. The van der Waals surface area contributed by atoms with Crippen LogP contribution in [0.4, 0.5) is 0 Å². The minimum absolute atomic E-state index is 0.0231. The summed E-state index contributed by atoms with van der Waals surface area (Å²) in [5.41, 5.74) is 5.00. The van der Waals surface area contributed by atoms with Gasteiger partial charge in [0.2, 0.25) is 6.29 Å². The third-order valence-corrected chi connectivity index (χ3v) is 1.09. The third-order valence-electron chi connectivity index (χ3n) is 1.09. The molecule has 0 radical (unpaired) electrons. The second kappa shape index (κ2) is 8.63. The van der Waals surface area contributed by atoms with E-state index < -0.39 is 23.9 Å². The van der Waals surface area contributed by atoms with Gasteiger partial charge in [-0.25, -0.2) is 4.79 Å². The highest BCUT2D eigenvalue weighted by Gasteiger charge is 2.12. The average Bonchev–Trinajstić information content (AvgIpc) is 2.14. The van der Waals surface area contributed by atoms with Crippen molar-refractivity contribution >= 4 is 24.2 Å². The summed E-state index contributed by atoms with van der Waals surface area (Å²) >= 11 is 0. The van der Waals surface area contributed by atoms with Gasteiger partial charge in [-0.05, 0) is 6.42 Å². The molecule has 0 aliphatic heterocycles. The standard InChI is InChI=1S/C5H9NO4.C2H2O3/c6-3(5(9)10)1-2-4(7)8;3-1-2(4)5/h3H,1-2,6H2,(H,7,8)(H,9,10);1H,(H,4,5)/t3-;/m0./s1. The van der Waals surface area contributed by atoms with Gasteiger partial charge in [0.15, 0.2) is 0 Å². The Bertz CT molecular complexity index is 250. The number of nitrogens with two attached hydrogens (primary N) is 1. The van der Waals surface area contributed by atoms with E-state index in [1.165, 1.54) is 0 Å². The Balaban J connectivity index is 0. The molecule has 0 aromatic rings. The number of carboxylic acid groups (broad SMARTS) is 3. The normalized spacial score (nSPS) is 10.5. The predicted octanol–water partition coefficient (Wildman–Crippen LogP) is -1.47. The summed E-state index contributed by atoms with van der Waals surface area (Å²) in [6, 6.07) is -1.06. The van der Waals surface area contributed by atoms with Gasteiger partial charge in [-0.2, -0.15) is 0 Å². The smallest absolute Gasteiger partial charge is 0.368 e. The quantitative estimate of drug-likeness (QED) is 0.324. The van der Waals surface area contributed by atoms with Crippen LogP contribution in [-0.2, 0) is 19.2 Å². The number of carboxylic acids is 3. The minimum Gasteiger partial charge on any atom is -0.481 e. The Morgan fingerprint density at radius 2 is 1.60 bits per heavy atom. The van der Waals surface area contributed by atoms with Crippen LogP contribution in [0.1, 0.15) is 12.8 Å². The van der Waals surface area contributed by atoms with Gasteiger partial charge in [-0.15, -0.1) is 0 Å². The lowest BCUT2D eigenvalue weighted by atomic mass is 10.2. The van der Waals surface area contributed by atoms with Crippen molar-refractivity contribution in [1.82, 2.24) is 0 Å². The number of aliphatic carboxylic acids is 3.